The highest BCUT2D eigenvalue weighted by Gasteiger charge is 2.30. The molecule has 4 aromatic carbocycles. The zero-order valence-electron chi connectivity index (χ0n) is 30.2. The molecule has 2 N–H and O–H groups in total. The van der Waals surface area contributed by atoms with E-state index in [1.807, 2.05) is 20.8 Å². The maximum atomic E-state index is 14.7. The third-order valence-corrected chi connectivity index (χ3v) is 10.4. The number of hydrogen-bond donors (Lipinski definition) is 2. The van der Waals surface area contributed by atoms with Crippen LogP contribution in [0.3, 0.4) is 0 Å². The number of halogens is 3. The number of sulfonamides is 1. The fourth-order valence-electron chi connectivity index (χ4n) is 6.40. The van der Waals surface area contributed by atoms with Gasteiger partial charge >= 0.3 is 6.09 Å². The van der Waals surface area contributed by atoms with Gasteiger partial charge in [-0.25, -0.2) is 31.3 Å². The van der Waals surface area contributed by atoms with E-state index < -0.39 is 39.4 Å². The molecule has 0 saturated carbocycles. The van der Waals surface area contributed by atoms with Crippen LogP contribution < -0.4 is 19.9 Å². The minimum atomic E-state index is -3.98. The Balaban J connectivity index is 1.65. The normalized spacial score (nSPS) is 12.6. The van der Waals surface area contributed by atoms with E-state index in [0.717, 1.165) is 28.3 Å². The molecule has 0 fully saturated rings. The van der Waals surface area contributed by atoms with Gasteiger partial charge in [0.1, 0.15) is 23.2 Å². The Labute approximate surface area is 314 Å². The van der Waals surface area contributed by atoms with E-state index in [1.165, 1.54) is 28.5 Å². The number of benzene rings is 4. The van der Waals surface area contributed by atoms with Crippen molar-refractivity contribution in [3.63, 3.8) is 0 Å². The first-order valence-electron chi connectivity index (χ1n) is 16.6. The highest BCUT2D eigenvalue weighted by molar-refractivity contribution is 7.92. The van der Waals surface area contributed by atoms with Gasteiger partial charge in [-0.05, 0) is 70.6 Å². The molecule has 0 aliphatic rings. The summed E-state index contributed by atoms with van der Waals surface area (Å²) in [6.07, 6.45) is -0.740. The fraction of sp³-hybridized carbons (Fsp3) is 0.263. The number of aromatic nitrogens is 4. The number of carboxylic acid groups (broad SMARTS) is 1. The number of aryl methyl sites for hydroxylation is 1. The monoisotopic (exact) mass is 778 g/mol. The van der Waals surface area contributed by atoms with Crippen molar-refractivity contribution in [2.24, 2.45) is 7.05 Å². The Morgan fingerprint density at radius 3 is 2.28 bits per heavy atom. The number of ether oxygens (including phenoxy) is 1. The number of carbonyl (C=O) groups is 1. The fourth-order valence-corrected chi connectivity index (χ4v) is 7.46. The lowest BCUT2D eigenvalue weighted by Gasteiger charge is -2.24. The van der Waals surface area contributed by atoms with Crippen molar-refractivity contribution < 1.29 is 31.8 Å². The molecule has 0 spiro atoms. The molecule has 16 heteroatoms. The van der Waals surface area contributed by atoms with Gasteiger partial charge in [0.15, 0.2) is 5.82 Å². The topological polar surface area (TPSA) is 149 Å². The smallest absolute Gasteiger partial charge is 0.405 e. The Bertz CT molecular complexity index is 2580. The molecule has 12 nitrogen and oxygen atoms in total. The zero-order chi connectivity index (χ0) is 39.3. The van der Waals surface area contributed by atoms with Gasteiger partial charge in [0, 0.05) is 19.5 Å². The van der Waals surface area contributed by atoms with Gasteiger partial charge in [-0.1, -0.05) is 50.6 Å². The molecule has 1 atom stereocenters. The van der Waals surface area contributed by atoms with Crippen LogP contribution in [0.1, 0.15) is 49.3 Å². The molecule has 2 heterocycles. The van der Waals surface area contributed by atoms with E-state index in [2.05, 4.69) is 10.4 Å². The number of anilines is 1. The molecular weight excluding hydrogens is 742 g/mol. The van der Waals surface area contributed by atoms with E-state index in [1.54, 1.807) is 49.5 Å². The highest BCUT2D eigenvalue weighted by Crippen LogP contribution is 2.38. The van der Waals surface area contributed by atoms with Crippen LogP contribution in [0, 0.1) is 11.6 Å². The molecule has 1 unspecified atom stereocenters. The third-order valence-electron chi connectivity index (χ3n) is 8.99. The summed E-state index contributed by atoms with van der Waals surface area (Å²) >= 11 is 6.82. The summed E-state index contributed by atoms with van der Waals surface area (Å²) in [7, 11) is -0.914. The van der Waals surface area contributed by atoms with Crippen LogP contribution in [0.2, 0.25) is 5.02 Å². The number of methoxy groups -OCH3 is 1. The summed E-state index contributed by atoms with van der Waals surface area (Å²) in [5, 5.41) is 17.5. The van der Waals surface area contributed by atoms with Crippen LogP contribution in [0.4, 0.5) is 19.4 Å². The lowest BCUT2D eigenvalue weighted by molar-refractivity contribution is 0.189. The van der Waals surface area contributed by atoms with Gasteiger partial charge in [0.25, 0.3) is 5.56 Å². The van der Waals surface area contributed by atoms with Gasteiger partial charge in [-0.3, -0.25) is 14.0 Å². The molecule has 0 bridgehead atoms. The number of rotatable bonds is 10. The second-order valence-electron chi connectivity index (χ2n) is 13.9. The highest BCUT2D eigenvalue weighted by atomic mass is 35.5. The summed E-state index contributed by atoms with van der Waals surface area (Å²) in [5.41, 5.74) is 1.27. The van der Waals surface area contributed by atoms with Gasteiger partial charge in [0.05, 0.1) is 58.5 Å². The first-order valence-corrected chi connectivity index (χ1v) is 18.9. The quantitative estimate of drug-likeness (QED) is 0.151. The maximum absolute atomic E-state index is 14.7. The molecule has 6 rings (SSSR count). The second-order valence-corrected chi connectivity index (χ2v) is 16.2. The molecule has 54 heavy (non-hydrogen) atoms. The average molecular weight is 779 g/mol. The molecule has 0 saturated heterocycles. The maximum Gasteiger partial charge on any atom is 0.405 e. The minimum Gasteiger partial charge on any atom is -0.497 e. The summed E-state index contributed by atoms with van der Waals surface area (Å²) in [4.78, 5) is 31.9. The van der Waals surface area contributed by atoms with E-state index in [0.29, 0.717) is 17.4 Å². The van der Waals surface area contributed by atoms with Crippen LogP contribution in [0.25, 0.3) is 27.5 Å². The second kappa shape index (κ2) is 14.4. The number of fused-ring (bicyclic) bond motifs is 2. The van der Waals surface area contributed by atoms with Crippen molar-refractivity contribution in [1.29, 1.82) is 0 Å². The third kappa shape index (κ3) is 7.59. The predicted molar refractivity (Wildman–Crippen MR) is 203 cm³/mol. The van der Waals surface area contributed by atoms with Crippen LogP contribution >= 0.6 is 11.6 Å². The lowest BCUT2D eigenvalue weighted by atomic mass is 9.86. The standard InChI is InChI=1S/C38H37ClF2N6O6S/c1-38(2,3)23-9-12-27-29(18-23)42-34(30(43-37(49)50)17-22-15-24(40)19-25(41)16-22)47(36(27)48)31-14-13-28(39)32-33(31)45(4)44-35(32)46(54(6,51)52)20-21-7-10-26(53-5)11-8-21/h7-16,18-19,30,43H,17,20H2,1-6H3,(H,49,50). The van der Waals surface area contributed by atoms with E-state index in [4.69, 9.17) is 21.3 Å². The van der Waals surface area contributed by atoms with Crippen molar-refractivity contribution >= 4 is 55.3 Å². The molecule has 1 amide bonds. The summed E-state index contributed by atoms with van der Waals surface area (Å²) in [5.74, 6) is -1.28. The number of hydrogen-bond acceptors (Lipinski definition) is 7. The van der Waals surface area contributed by atoms with Crippen LogP contribution in [0.15, 0.2) is 77.6 Å². The molecule has 2 aromatic heterocycles. The number of nitrogens with zero attached hydrogens (tertiary/aromatic N) is 5. The summed E-state index contributed by atoms with van der Waals surface area (Å²) < 4.78 is 64.4. The van der Waals surface area contributed by atoms with E-state index in [9.17, 15) is 31.9 Å². The predicted octanol–water partition coefficient (Wildman–Crippen LogP) is 7.03. The van der Waals surface area contributed by atoms with Gasteiger partial charge in [0.2, 0.25) is 10.0 Å². The summed E-state index contributed by atoms with van der Waals surface area (Å²) in [6, 6.07) is 16.5. The first kappa shape index (κ1) is 38.2. The molecule has 6 aromatic rings. The Hall–Kier alpha value is -5.54. The largest absolute Gasteiger partial charge is 0.497 e. The van der Waals surface area contributed by atoms with Crippen LogP contribution in [-0.4, -0.2) is 52.3 Å². The van der Waals surface area contributed by atoms with Crippen molar-refractivity contribution in [3.8, 4) is 11.4 Å². The van der Waals surface area contributed by atoms with Crippen molar-refractivity contribution in [2.45, 2.75) is 45.2 Å². The van der Waals surface area contributed by atoms with Crippen LogP contribution in [0.5, 0.6) is 5.75 Å². The van der Waals surface area contributed by atoms with E-state index in [-0.39, 0.29) is 68.1 Å². The van der Waals surface area contributed by atoms with Gasteiger partial charge < -0.3 is 15.2 Å². The Morgan fingerprint density at radius 1 is 1.02 bits per heavy atom. The lowest BCUT2D eigenvalue weighted by Crippen LogP contribution is -2.35. The molecule has 0 aliphatic carbocycles. The van der Waals surface area contributed by atoms with Crippen molar-refractivity contribution in [1.82, 2.24) is 24.6 Å². The van der Waals surface area contributed by atoms with Crippen molar-refractivity contribution in [2.75, 3.05) is 17.7 Å². The zero-order valence-corrected chi connectivity index (χ0v) is 31.8. The van der Waals surface area contributed by atoms with Gasteiger partial charge in [-0.2, -0.15) is 5.10 Å². The van der Waals surface area contributed by atoms with Gasteiger partial charge in [-0.15, -0.1) is 0 Å². The Kier molecular flexibility index (Phi) is 10.2. The van der Waals surface area contributed by atoms with Crippen molar-refractivity contribution in [3.05, 3.63) is 122 Å². The minimum absolute atomic E-state index is 0.0220. The average Bonchev–Trinajstić information content (AvgIpc) is 3.43. The molecular formula is C38H37ClF2N6O6S. The Morgan fingerprint density at radius 2 is 1.69 bits per heavy atom. The summed E-state index contributed by atoms with van der Waals surface area (Å²) in [6.45, 7) is 5.84. The SMILES string of the molecule is COc1ccc(CN(c2nn(C)c3c(-n4c(C(Cc5cc(F)cc(F)c5)NC(=O)O)nc5cc(C(C)(C)C)ccc5c4=O)ccc(Cl)c23)S(C)(=O)=O)cc1. The van der Waals surface area contributed by atoms with Crippen LogP contribution in [-0.2, 0) is 35.5 Å². The number of amides is 1. The number of nitrogens with one attached hydrogen (secondary N) is 1. The molecule has 0 radical (unpaired) electrons. The van der Waals surface area contributed by atoms with E-state index >= 15 is 0 Å². The molecule has 0 aliphatic heterocycles. The first-order chi connectivity index (χ1) is 25.3. The molecule has 282 valence electrons.